The van der Waals surface area contributed by atoms with E-state index in [4.69, 9.17) is 10.5 Å². The SMILES string of the molecule is CCCN(CC(O)COc1ccc(CN)cc1)CC1CC1. The second-order valence-corrected chi connectivity index (χ2v) is 6.02. The van der Waals surface area contributed by atoms with Crippen LogP contribution >= 0.6 is 0 Å². The van der Waals surface area contributed by atoms with Crippen LogP contribution < -0.4 is 10.5 Å². The fraction of sp³-hybridized carbons (Fsp3) is 0.647. The van der Waals surface area contributed by atoms with Gasteiger partial charge in [0.1, 0.15) is 18.5 Å². The molecule has 1 aromatic rings. The van der Waals surface area contributed by atoms with Gasteiger partial charge in [-0.1, -0.05) is 19.1 Å². The molecule has 1 aliphatic rings. The maximum Gasteiger partial charge on any atom is 0.119 e. The molecule has 0 heterocycles. The van der Waals surface area contributed by atoms with Crippen molar-refractivity contribution in [1.29, 1.82) is 0 Å². The van der Waals surface area contributed by atoms with E-state index < -0.39 is 6.10 Å². The fourth-order valence-corrected chi connectivity index (χ4v) is 2.50. The van der Waals surface area contributed by atoms with E-state index in [-0.39, 0.29) is 0 Å². The highest BCUT2D eigenvalue weighted by Crippen LogP contribution is 2.29. The molecular formula is C17H28N2O2. The molecule has 0 saturated heterocycles. The summed E-state index contributed by atoms with van der Waals surface area (Å²) in [7, 11) is 0. The predicted octanol–water partition coefficient (Wildman–Crippen LogP) is 2.01. The first-order chi connectivity index (χ1) is 10.2. The average Bonchev–Trinajstić information content (AvgIpc) is 3.30. The third-order valence-electron chi connectivity index (χ3n) is 3.82. The number of hydrogen-bond acceptors (Lipinski definition) is 4. The Kier molecular flexibility index (Phi) is 6.49. The first-order valence-electron chi connectivity index (χ1n) is 8.03. The van der Waals surface area contributed by atoms with Gasteiger partial charge in [-0.2, -0.15) is 0 Å². The quantitative estimate of drug-likeness (QED) is 0.692. The lowest BCUT2D eigenvalue weighted by molar-refractivity contribution is 0.0665. The molecule has 1 saturated carbocycles. The Bertz CT molecular complexity index is 404. The summed E-state index contributed by atoms with van der Waals surface area (Å²) in [5, 5.41) is 10.2. The summed E-state index contributed by atoms with van der Waals surface area (Å²) in [6, 6.07) is 7.72. The normalized spacial score (nSPS) is 16.2. The van der Waals surface area contributed by atoms with Crippen LogP contribution in [0.5, 0.6) is 5.75 Å². The highest BCUT2D eigenvalue weighted by Gasteiger charge is 2.25. The molecule has 0 amide bonds. The van der Waals surface area contributed by atoms with Gasteiger partial charge in [0.2, 0.25) is 0 Å². The maximum absolute atomic E-state index is 10.2. The first kappa shape index (κ1) is 16.3. The number of aliphatic hydroxyl groups is 1. The van der Waals surface area contributed by atoms with E-state index >= 15 is 0 Å². The number of rotatable bonds is 10. The zero-order chi connectivity index (χ0) is 15.1. The summed E-state index contributed by atoms with van der Waals surface area (Å²) in [4.78, 5) is 2.36. The molecule has 118 valence electrons. The average molecular weight is 292 g/mol. The molecule has 0 bridgehead atoms. The number of benzene rings is 1. The summed E-state index contributed by atoms with van der Waals surface area (Å²) >= 11 is 0. The fourth-order valence-electron chi connectivity index (χ4n) is 2.50. The van der Waals surface area contributed by atoms with Crippen molar-refractivity contribution in [3.63, 3.8) is 0 Å². The van der Waals surface area contributed by atoms with Crippen molar-refractivity contribution in [2.45, 2.75) is 38.8 Å². The molecule has 2 rings (SSSR count). The van der Waals surface area contributed by atoms with Gasteiger partial charge in [-0.25, -0.2) is 0 Å². The van der Waals surface area contributed by atoms with Crippen LogP contribution in [-0.2, 0) is 6.54 Å². The van der Waals surface area contributed by atoms with Gasteiger partial charge in [-0.05, 0) is 49.4 Å². The van der Waals surface area contributed by atoms with Gasteiger partial charge < -0.3 is 20.5 Å². The van der Waals surface area contributed by atoms with Gasteiger partial charge in [0, 0.05) is 19.6 Å². The minimum absolute atomic E-state index is 0.340. The Morgan fingerprint density at radius 2 is 2.05 bits per heavy atom. The number of hydrogen-bond donors (Lipinski definition) is 2. The Morgan fingerprint density at radius 3 is 2.62 bits per heavy atom. The molecule has 21 heavy (non-hydrogen) atoms. The van der Waals surface area contributed by atoms with Crippen LogP contribution in [0.4, 0.5) is 0 Å². The molecule has 3 N–H and O–H groups in total. The van der Waals surface area contributed by atoms with Crippen molar-refractivity contribution in [1.82, 2.24) is 4.90 Å². The van der Waals surface area contributed by atoms with Crippen LogP contribution in [0.2, 0.25) is 0 Å². The summed E-state index contributed by atoms with van der Waals surface area (Å²) in [6.07, 6.45) is 3.38. The predicted molar refractivity (Wildman–Crippen MR) is 85.3 cm³/mol. The smallest absolute Gasteiger partial charge is 0.119 e. The Morgan fingerprint density at radius 1 is 1.33 bits per heavy atom. The van der Waals surface area contributed by atoms with Crippen LogP contribution in [0.15, 0.2) is 24.3 Å². The van der Waals surface area contributed by atoms with Crippen molar-refractivity contribution in [2.24, 2.45) is 11.7 Å². The highest BCUT2D eigenvalue weighted by atomic mass is 16.5. The van der Waals surface area contributed by atoms with Crippen LogP contribution in [0.3, 0.4) is 0 Å². The summed E-state index contributed by atoms with van der Waals surface area (Å²) in [6.45, 7) is 5.94. The molecule has 1 fully saturated rings. The Labute approximate surface area is 127 Å². The molecule has 0 spiro atoms. The zero-order valence-electron chi connectivity index (χ0n) is 13.0. The van der Waals surface area contributed by atoms with Gasteiger partial charge in [-0.3, -0.25) is 0 Å². The van der Waals surface area contributed by atoms with Gasteiger partial charge in [0.05, 0.1) is 0 Å². The van der Waals surface area contributed by atoms with E-state index in [1.165, 1.54) is 12.8 Å². The molecule has 1 unspecified atom stereocenters. The first-order valence-corrected chi connectivity index (χ1v) is 8.03. The Balaban J connectivity index is 1.72. The van der Waals surface area contributed by atoms with Gasteiger partial charge in [0.15, 0.2) is 0 Å². The molecule has 1 aromatic carbocycles. The zero-order valence-corrected chi connectivity index (χ0v) is 13.0. The lowest BCUT2D eigenvalue weighted by atomic mass is 10.2. The lowest BCUT2D eigenvalue weighted by Crippen LogP contribution is -2.37. The van der Waals surface area contributed by atoms with Crippen LogP contribution in [-0.4, -0.2) is 42.4 Å². The molecule has 0 radical (unpaired) electrons. The van der Waals surface area contributed by atoms with Crippen molar-refractivity contribution >= 4 is 0 Å². The van der Waals surface area contributed by atoms with E-state index in [0.717, 1.165) is 36.7 Å². The molecular weight excluding hydrogens is 264 g/mol. The van der Waals surface area contributed by atoms with Crippen LogP contribution in [0, 0.1) is 5.92 Å². The molecule has 0 aliphatic heterocycles. The molecule has 1 atom stereocenters. The molecule has 4 heteroatoms. The van der Waals surface area contributed by atoms with E-state index in [1.54, 1.807) is 0 Å². The number of aliphatic hydroxyl groups excluding tert-OH is 1. The summed E-state index contributed by atoms with van der Waals surface area (Å²) in [5.41, 5.74) is 6.65. The molecule has 1 aliphatic carbocycles. The van der Waals surface area contributed by atoms with E-state index in [0.29, 0.717) is 19.7 Å². The standard InChI is InChI=1S/C17H28N2O2/c1-2-9-19(11-15-3-4-15)12-16(20)13-21-17-7-5-14(10-18)6-8-17/h5-8,15-16,20H,2-4,9-13,18H2,1H3. The second-order valence-electron chi connectivity index (χ2n) is 6.02. The topological polar surface area (TPSA) is 58.7 Å². The lowest BCUT2D eigenvalue weighted by Gasteiger charge is -2.24. The molecule has 0 aromatic heterocycles. The van der Waals surface area contributed by atoms with Crippen molar-refractivity contribution < 1.29 is 9.84 Å². The van der Waals surface area contributed by atoms with E-state index in [1.807, 2.05) is 24.3 Å². The van der Waals surface area contributed by atoms with Gasteiger partial charge in [0.25, 0.3) is 0 Å². The third-order valence-corrected chi connectivity index (χ3v) is 3.82. The number of ether oxygens (including phenoxy) is 1. The van der Waals surface area contributed by atoms with Gasteiger partial charge >= 0.3 is 0 Å². The minimum Gasteiger partial charge on any atom is -0.491 e. The minimum atomic E-state index is -0.440. The van der Waals surface area contributed by atoms with E-state index in [2.05, 4.69) is 11.8 Å². The number of nitrogens with two attached hydrogens (primary N) is 1. The van der Waals surface area contributed by atoms with Gasteiger partial charge in [-0.15, -0.1) is 0 Å². The highest BCUT2D eigenvalue weighted by molar-refractivity contribution is 5.27. The van der Waals surface area contributed by atoms with Crippen molar-refractivity contribution in [3.8, 4) is 5.75 Å². The van der Waals surface area contributed by atoms with Crippen molar-refractivity contribution in [3.05, 3.63) is 29.8 Å². The third kappa shape index (κ3) is 6.04. The Hall–Kier alpha value is -1.10. The largest absolute Gasteiger partial charge is 0.491 e. The number of nitrogens with zero attached hydrogens (tertiary/aromatic N) is 1. The summed E-state index contributed by atoms with van der Waals surface area (Å²) in [5.74, 6) is 1.64. The van der Waals surface area contributed by atoms with Crippen LogP contribution in [0.1, 0.15) is 31.7 Å². The maximum atomic E-state index is 10.2. The molecule has 4 nitrogen and oxygen atoms in total. The summed E-state index contributed by atoms with van der Waals surface area (Å²) < 4.78 is 5.65. The monoisotopic (exact) mass is 292 g/mol. The van der Waals surface area contributed by atoms with Crippen molar-refractivity contribution in [2.75, 3.05) is 26.2 Å². The second kappa shape index (κ2) is 8.37. The van der Waals surface area contributed by atoms with Crippen LogP contribution in [0.25, 0.3) is 0 Å². The van der Waals surface area contributed by atoms with E-state index in [9.17, 15) is 5.11 Å².